The Labute approximate surface area is 128 Å². The molecule has 2 aromatic rings. The topological polar surface area (TPSA) is 84.2 Å². The lowest BCUT2D eigenvalue weighted by atomic mass is 10.2. The standard InChI is InChI=1S/C15H15N3O2.ClH/c1-10(19)17-12-8-6-11(7-9-12)15(20)18-14-5-3-2-4-13(14)16;/h2-9H,16H2,1H3,(H,17,19)(H,18,20);1H/p-1. The number of nitrogens with two attached hydrogens (primary N) is 1. The molecule has 0 radical (unpaired) electrons. The third-order valence-electron chi connectivity index (χ3n) is 2.68. The van der Waals surface area contributed by atoms with Crippen molar-refractivity contribution in [1.82, 2.24) is 0 Å². The first-order valence-electron chi connectivity index (χ1n) is 6.10. The van der Waals surface area contributed by atoms with E-state index in [4.69, 9.17) is 5.73 Å². The molecule has 21 heavy (non-hydrogen) atoms. The molecule has 0 fully saturated rings. The molecular formula is C15H15ClN3O2-. The van der Waals surface area contributed by atoms with Crippen LogP contribution in [0.15, 0.2) is 48.5 Å². The van der Waals surface area contributed by atoms with Gasteiger partial charge in [0, 0.05) is 18.2 Å². The SMILES string of the molecule is CC(=O)Nc1ccc(C(=O)Nc2ccccc2N)cc1.[Cl-]. The highest BCUT2D eigenvalue weighted by atomic mass is 35.5. The summed E-state index contributed by atoms with van der Waals surface area (Å²) in [6.45, 7) is 1.43. The molecule has 0 saturated carbocycles. The monoisotopic (exact) mass is 304 g/mol. The maximum absolute atomic E-state index is 12.0. The fourth-order valence-corrected chi connectivity index (χ4v) is 1.71. The van der Waals surface area contributed by atoms with E-state index in [2.05, 4.69) is 10.6 Å². The quantitative estimate of drug-likeness (QED) is 0.667. The molecule has 0 aliphatic rings. The maximum atomic E-state index is 12.0. The van der Waals surface area contributed by atoms with Crippen LogP contribution in [-0.2, 0) is 4.79 Å². The summed E-state index contributed by atoms with van der Waals surface area (Å²) in [4.78, 5) is 23.0. The van der Waals surface area contributed by atoms with Crippen molar-refractivity contribution >= 4 is 28.9 Å². The van der Waals surface area contributed by atoms with Gasteiger partial charge in [0.15, 0.2) is 0 Å². The molecule has 0 heterocycles. The van der Waals surface area contributed by atoms with Gasteiger partial charge in [0.05, 0.1) is 11.4 Å². The molecular weight excluding hydrogens is 290 g/mol. The molecule has 2 amide bonds. The van der Waals surface area contributed by atoms with Gasteiger partial charge in [-0.1, -0.05) is 12.1 Å². The number of rotatable bonds is 3. The van der Waals surface area contributed by atoms with Crippen molar-refractivity contribution in [2.75, 3.05) is 16.4 Å². The average molecular weight is 305 g/mol. The van der Waals surface area contributed by atoms with Gasteiger partial charge in [0.2, 0.25) is 5.91 Å². The zero-order valence-corrected chi connectivity index (χ0v) is 12.1. The highest BCUT2D eigenvalue weighted by molar-refractivity contribution is 6.06. The van der Waals surface area contributed by atoms with Crippen molar-refractivity contribution in [3.8, 4) is 0 Å². The van der Waals surface area contributed by atoms with Gasteiger partial charge in [0.1, 0.15) is 0 Å². The van der Waals surface area contributed by atoms with E-state index in [-0.39, 0.29) is 24.2 Å². The normalized spacial score (nSPS) is 9.38. The minimum Gasteiger partial charge on any atom is -1.00 e. The van der Waals surface area contributed by atoms with E-state index in [0.717, 1.165) is 0 Å². The molecule has 4 N–H and O–H groups in total. The number of nitrogen functional groups attached to an aromatic ring is 1. The number of anilines is 3. The number of hydrogen-bond acceptors (Lipinski definition) is 3. The van der Waals surface area contributed by atoms with Crippen molar-refractivity contribution in [3.05, 3.63) is 54.1 Å². The van der Waals surface area contributed by atoms with Gasteiger partial charge >= 0.3 is 0 Å². The summed E-state index contributed by atoms with van der Waals surface area (Å²) in [7, 11) is 0. The molecule has 0 spiro atoms. The fraction of sp³-hybridized carbons (Fsp3) is 0.0667. The van der Waals surface area contributed by atoms with Crippen molar-refractivity contribution in [3.63, 3.8) is 0 Å². The number of para-hydroxylation sites is 2. The predicted octanol–water partition coefficient (Wildman–Crippen LogP) is -0.516. The summed E-state index contributed by atoms with van der Waals surface area (Å²) in [5, 5.41) is 5.37. The fourth-order valence-electron chi connectivity index (χ4n) is 1.71. The Morgan fingerprint density at radius 3 is 2.14 bits per heavy atom. The zero-order valence-electron chi connectivity index (χ0n) is 11.4. The Morgan fingerprint density at radius 2 is 1.57 bits per heavy atom. The van der Waals surface area contributed by atoms with Gasteiger partial charge in [-0.05, 0) is 36.4 Å². The van der Waals surface area contributed by atoms with Crippen molar-refractivity contribution in [2.45, 2.75) is 6.92 Å². The lowest BCUT2D eigenvalue weighted by molar-refractivity contribution is -0.114. The second-order valence-electron chi connectivity index (χ2n) is 4.30. The smallest absolute Gasteiger partial charge is 0.255 e. The summed E-state index contributed by atoms with van der Waals surface area (Å²) in [5.41, 5.74) is 7.98. The Morgan fingerprint density at radius 1 is 0.952 bits per heavy atom. The highest BCUT2D eigenvalue weighted by Gasteiger charge is 2.07. The van der Waals surface area contributed by atoms with Gasteiger partial charge in [-0.15, -0.1) is 0 Å². The van der Waals surface area contributed by atoms with E-state index >= 15 is 0 Å². The average Bonchev–Trinajstić information content (AvgIpc) is 2.41. The first kappa shape index (κ1) is 16.5. The molecule has 110 valence electrons. The molecule has 0 saturated heterocycles. The van der Waals surface area contributed by atoms with Crippen LogP contribution in [0.5, 0.6) is 0 Å². The van der Waals surface area contributed by atoms with E-state index < -0.39 is 0 Å². The Kier molecular flexibility index (Phi) is 5.75. The third-order valence-corrected chi connectivity index (χ3v) is 2.68. The van der Waals surface area contributed by atoms with Crippen LogP contribution in [0.1, 0.15) is 17.3 Å². The largest absolute Gasteiger partial charge is 1.00 e. The van der Waals surface area contributed by atoms with Crippen LogP contribution >= 0.6 is 0 Å². The highest BCUT2D eigenvalue weighted by Crippen LogP contribution is 2.18. The number of carbonyl (C=O) groups is 2. The predicted molar refractivity (Wildman–Crippen MR) is 79.6 cm³/mol. The number of hydrogen-bond donors (Lipinski definition) is 3. The summed E-state index contributed by atoms with van der Waals surface area (Å²) in [6, 6.07) is 13.7. The second kappa shape index (κ2) is 7.31. The summed E-state index contributed by atoms with van der Waals surface area (Å²) < 4.78 is 0. The molecule has 2 rings (SSSR count). The van der Waals surface area contributed by atoms with Gasteiger partial charge in [-0.2, -0.15) is 0 Å². The number of carbonyl (C=O) groups excluding carboxylic acids is 2. The number of halogens is 1. The van der Waals surface area contributed by atoms with Gasteiger partial charge < -0.3 is 28.8 Å². The Bertz CT molecular complexity index is 642. The second-order valence-corrected chi connectivity index (χ2v) is 4.30. The molecule has 0 bridgehead atoms. The third kappa shape index (κ3) is 4.50. The number of amides is 2. The molecule has 5 nitrogen and oxygen atoms in total. The summed E-state index contributed by atoms with van der Waals surface area (Å²) in [5.74, 6) is -0.406. The van der Waals surface area contributed by atoms with Crippen LogP contribution in [0.25, 0.3) is 0 Å². The first-order valence-corrected chi connectivity index (χ1v) is 6.10. The lowest BCUT2D eigenvalue weighted by Crippen LogP contribution is -3.00. The number of benzene rings is 2. The van der Waals surface area contributed by atoms with E-state index in [1.165, 1.54) is 6.92 Å². The van der Waals surface area contributed by atoms with Crippen molar-refractivity contribution in [2.24, 2.45) is 0 Å². The van der Waals surface area contributed by atoms with Crippen molar-refractivity contribution < 1.29 is 22.0 Å². The van der Waals surface area contributed by atoms with Crippen LogP contribution in [-0.4, -0.2) is 11.8 Å². The Balaban J connectivity index is 0.00000220. The van der Waals surface area contributed by atoms with E-state index in [0.29, 0.717) is 22.6 Å². The van der Waals surface area contributed by atoms with Gasteiger partial charge in [-0.3, -0.25) is 9.59 Å². The molecule has 0 unspecified atom stereocenters. The maximum Gasteiger partial charge on any atom is 0.255 e. The van der Waals surface area contributed by atoms with Gasteiger partial charge in [-0.25, -0.2) is 0 Å². The Hall–Kier alpha value is -2.53. The molecule has 0 aliphatic carbocycles. The summed E-state index contributed by atoms with van der Waals surface area (Å²) in [6.07, 6.45) is 0. The first-order chi connectivity index (χ1) is 9.56. The van der Waals surface area contributed by atoms with Crippen molar-refractivity contribution in [1.29, 1.82) is 0 Å². The van der Waals surface area contributed by atoms with E-state index in [9.17, 15) is 9.59 Å². The zero-order chi connectivity index (χ0) is 14.5. The molecule has 2 aromatic carbocycles. The van der Waals surface area contributed by atoms with Crippen LogP contribution in [0.3, 0.4) is 0 Å². The lowest BCUT2D eigenvalue weighted by Gasteiger charge is -2.08. The molecule has 0 aromatic heterocycles. The van der Waals surface area contributed by atoms with Crippen LogP contribution < -0.4 is 28.8 Å². The minimum absolute atomic E-state index is 0. The summed E-state index contributed by atoms with van der Waals surface area (Å²) >= 11 is 0. The van der Waals surface area contributed by atoms with E-state index in [1.54, 1.807) is 48.5 Å². The number of nitrogens with one attached hydrogen (secondary N) is 2. The van der Waals surface area contributed by atoms with Crippen LogP contribution in [0.2, 0.25) is 0 Å². The van der Waals surface area contributed by atoms with Crippen LogP contribution in [0, 0.1) is 0 Å². The van der Waals surface area contributed by atoms with Crippen LogP contribution in [0.4, 0.5) is 17.1 Å². The minimum atomic E-state index is -0.253. The molecule has 0 atom stereocenters. The molecule has 6 heteroatoms. The molecule has 0 aliphatic heterocycles. The van der Waals surface area contributed by atoms with Gasteiger partial charge in [0.25, 0.3) is 5.91 Å². The van der Waals surface area contributed by atoms with E-state index in [1.807, 2.05) is 0 Å².